The van der Waals surface area contributed by atoms with Crippen LogP contribution in [0.5, 0.6) is 0 Å². The average Bonchev–Trinajstić information content (AvgIpc) is 3.30. The zero-order valence-electron chi connectivity index (χ0n) is 18.7. The Morgan fingerprint density at radius 3 is 2.47 bits per heavy atom. The molecular formula is C26H25F3N2O2S. The van der Waals surface area contributed by atoms with Crippen LogP contribution in [-0.2, 0) is 28.7 Å². The highest BCUT2D eigenvalue weighted by atomic mass is 32.1. The Morgan fingerprint density at radius 2 is 1.76 bits per heavy atom. The van der Waals surface area contributed by atoms with Crippen molar-refractivity contribution in [3.05, 3.63) is 92.7 Å². The molecule has 0 saturated heterocycles. The average molecular weight is 487 g/mol. The van der Waals surface area contributed by atoms with Gasteiger partial charge in [-0.15, -0.1) is 11.3 Å². The molecule has 0 saturated carbocycles. The van der Waals surface area contributed by atoms with Gasteiger partial charge in [-0.05, 0) is 59.2 Å². The van der Waals surface area contributed by atoms with Gasteiger partial charge in [-0.1, -0.05) is 36.4 Å². The summed E-state index contributed by atoms with van der Waals surface area (Å²) in [5, 5.41) is 4.74. The number of nitrogens with one attached hydrogen (secondary N) is 1. The fraction of sp³-hybridized carbons (Fsp3) is 0.308. The second-order valence-corrected chi connectivity index (χ2v) is 9.37. The van der Waals surface area contributed by atoms with Crippen molar-refractivity contribution in [1.29, 1.82) is 0 Å². The highest BCUT2D eigenvalue weighted by molar-refractivity contribution is 7.10. The molecule has 8 heteroatoms. The molecule has 0 fully saturated rings. The number of halogens is 3. The third-order valence-electron chi connectivity index (χ3n) is 6.11. The molecule has 2 heterocycles. The number of alkyl halides is 3. The van der Waals surface area contributed by atoms with Gasteiger partial charge in [0.05, 0.1) is 11.6 Å². The molecule has 178 valence electrons. The first-order valence-corrected chi connectivity index (χ1v) is 12.0. The minimum atomic E-state index is -4.39. The topological polar surface area (TPSA) is 49.4 Å². The number of carbonyl (C=O) groups excluding carboxylic acids is 2. The van der Waals surface area contributed by atoms with Crippen LogP contribution in [0.4, 0.5) is 13.2 Å². The Hall–Kier alpha value is -3.13. The van der Waals surface area contributed by atoms with E-state index in [4.69, 9.17) is 0 Å². The Balaban J connectivity index is 1.37. The number of fused-ring (bicyclic) bond motifs is 1. The molecule has 2 amide bonds. The molecule has 1 atom stereocenters. The zero-order valence-corrected chi connectivity index (χ0v) is 19.5. The largest absolute Gasteiger partial charge is 0.416 e. The number of hydrogen-bond acceptors (Lipinski definition) is 3. The summed E-state index contributed by atoms with van der Waals surface area (Å²) in [6, 6.07) is 14.6. The van der Waals surface area contributed by atoms with Gasteiger partial charge in [-0.2, -0.15) is 13.2 Å². The molecule has 1 aliphatic heterocycles. The van der Waals surface area contributed by atoms with Gasteiger partial charge in [-0.25, -0.2) is 0 Å². The molecule has 4 rings (SSSR count). The first kappa shape index (κ1) is 24.0. The number of rotatable bonds is 6. The maximum absolute atomic E-state index is 13.2. The quantitative estimate of drug-likeness (QED) is 0.490. The number of carbonyl (C=O) groups is 2. The van der Waals surface area contributed by atoms with Crippen LogP contribution in [0.2, 0.25) is 0 Å². The predicted octanol–water partition coefficient (Wildman–Crippen LogP) is 5.65. The third-order valence-corrected chi connectivity index (χ3v) is 7.10. The maximum atomic E-state index is 13.2. The van der Waals surface area contributed by atoms with Crippen LogP contribution >= 0.6 is 11.3 Å². The Bertz CT molecular complexity index is 1170. The standard InChI is InChI=1S/C26H25F3N2O2S/c1-17-4-2-3-5-20(17)25-21-13-15-34-22(21)12-14-31(25)24(33)11-10-23(32)30-16-18-6-8-19(9-7-18)26(27,28)29/h2-9,13,15,25H,10-12,14,16H2,1H3,(H,30,32). The summed E-state index contributed by atoms with van der Waals surface area (Å²) in [4.78, 5) is 28.7. The Kier molecular flexibility index (Phi) is 7.07. The predicted molar refractivity (Wildman–Crippen MR) is 125 cm³/mol. The summed E-state index contributed by atoms with van der Waals surface area (Å²) in [6.45, 7) is 2.74. The van der Waals surface area contributed by atoms with Gasteiger partial charge < -0.3 is 10.2 Å². The molecule has 0 radical (unpaired) electrons. The van der Waals surface area contributed by atoms with Gasteiger partial charge >= 0.3 is 6.18 Å². The fourth-order valence-electron chi connectivity index (χ4n) is 4.28. The van der Waals surface area contributed by atoms with Gasteiger partial charge in [0, 0.05) is 30.8 Å². The second kappa shape index (κ2) is 10.0. The van der Waals surface area contributed by atoms with E-state index in [0.717, 1.165) is 35.2 Å². The van der Waals surface area contributed by atoms with Crippen molar-refractivity contribution in [1.82, 2.24) is 10.2 Å². The molecule has 1 aromatic heterocycles. The molecule has 1 N–H and O–H groups in total. The van der Waals surface area contributed by atoms with Crippen LogP contribution in [0.25, 0.3) is 0 Å². The van der Waals surface area contributed by atoms with E-state index in [-0.39, 0.29) is 37.2 Å². The summed E-state index contributed by atoms with van der Waals surface area (Å²) in [7, 11) is 0. The van der Waals surface area contributed by atoms with Crippen molar-refractivity contribution < 1.29 is 22.8 Å². The lowest BCUT2D eigenvalue weighted by molar-refractivity contribution is -0.137. The van der Waals surface area contributed by atoms with Crippen molar-refractivity contribution >= 4 is 23.2 Å². The van der Waals surface area contributed by atoms with Crippen molar-refractivity contribution in [3.63, 3.8) is 0 Å². The molecule has 0 aliphatic carbocycles. The monoisotopic (exact) mass is 486 g/mol. The van der Waals surface area contributed by atoms with Gasteiger partial charge in [0.1, 0.15) is 0 Å². The highest BCUT2D eigenvalue weighted by Crippen LogP contribution is 2.39. The first-order chi connectivity index (χ1) is 16.2. The van der Waals surface area contributed by atoms with Crippen LogP contribution in [0.3, 0.4) is 0 Å². The molecule has 0 spiro atoms. The highest BCUT2D eigenvalue weighted by Gasteiger charge is 2.33. The van der Waals surface area contributed by atoms with E-state index in [9.17, 15) is 22.8 Å². The minimum Gasteiger partial charge on any atom is -0.352 e. The van der Waals surface area contributed by atoms with Gasteiger partial charge in [0.2, 0.25) is 11.8 Å². The van der Waals surface area contributed by atoms with Crippen molar-refractivity contribution in [2.45, 2.75) is 44.9 Å². The first-order valence-electron chi connectivity index (χ1n) is 11.1. The van der Waals surface area contributed by atoms with E-state index in [1.165, 1.54) is 17.0 Å². The zero-order chi connectivity index (χ0) is 24.3. The van der Waals surface area contributed by atoms with E-state index in [2.05, 4.69) is 16.8 Å². The van der Waals surface area contributed by atoms with Crippen molar-refractivity contribution in [2.24, 2.45) is 0 Å². The molecule has 4 nitrogen and oxygen atoms in total. The van der Waals surface area contributed by atoms with Gasteiger partial charge in [0.25, 0.3) is 0 Å². The maximum Gasteiger partial charge on any atom is 0.416 e. The number of nitrogens with zero attached hydrogens (tertiary/aromatic N) is 1. The third kappa shape index (κ3) is 5.33. The molecule has 3 aromatic rings. The summed E-state index contributed by atoms with van der Waals surface area (Å²) >= 11 is 1.70. The Labute approximate surface area is 200 Å². The van der Waals surface area contributed by atoms with Gasteiger partial charge in [-0.3, -0.25) is 9.59 Å². The van der Waals surface area contributed by atoms with Crippen LogP contribution < -0.4 is 5.32 Å². The van der Waals surface area contributed by atoms with Crippen LogP contribution in [0.1, 0.15) is 51.6 Å². The van der Waals surface area contributed by atoms with Crippen molar-refractivity contribution in [3.8, 4) is 0 Å². The number of benzene rings is 2. The van der Waals surface area contributed by atoms with Crippen LogP contribution in [0.15, 0.2) is 60.0 Å². The fourth-order valence-corrected chi connectivity index (χ4v) is 5.18. The van der Waals surface area contributed by atoms with E-state index in [0.29, 0.717) is 12.1 Å². The molecule has 1 unspecified atom stereocenters. The molecule has 34 heavy (non-hydrogen) atoms. The lowest BCUT2D eigenvalue weighted by Crippen LogP contribution is -2.40. The minimum absolute atomic E-state index is 0.0208. The summed E-state index contributed by atoms with van der Waals surface area (Å²) in [5.74, 6) is -0.399. The number of thiophene rings is 1. The number of aryl methyl sites for hydroxylation is 1. The molecule has 1 aliphatic rings. The normalized spacial score (nSPS) is 15.6. The molecule has 0 bridgehead atoms. The SMILES string of the molecule is Cc1ccccc1C1c2ccsc2CCN1C(=O)CCC(=O)NCc1ccc(C(F)(F)F)cc1. The molecule has 2 aromatic carbocycles. The summed E-state index contributed by atoms with van der Waals surface area (Å²) < 4.78 is 38.0. The van der Waals surface area contributed by atoms with E-state index < -0.39 is 11.7 Å². The Morgan fingerprint density at radius 1 is 1.03 bits per heavy atom. The van der Waals surface area contributed by atoms with E-state index in [1.54, 1.807) is 11.3 Å². The van der Waals surface area contributed by atoms with Crippen molar-refractivity contribution in [2.75, 3.05) is 6.54 Å². The lowest BCUT2D eigenvalue weighted by atomic mass is 9.90. The number of amides is 2. The number of hydrogen-bond donors (Lipinski definition) is 1. The van der Waals surface area contributed by atoms with Gasteiger partial charge in [0.15, 0.2) is 0 Å². The summed E-state index contributed by atoms with van der Waals surface area (Å²) in [6.07, 6.45) is -3.51. The molecular weight excluding hydrogens is 461 g/mol. The lowest BCUT2D eigenvalue weighted by Gasteiger charge is -2.37. The summed E-state index contributed by atoms with van der Waals surface area (Å²) in [5.41, 5.74) is 3.17. The van der Waals surface area contributed by atoms with E-state index >= 15 is 0 Å². The smallest absolute Gasteiger partial charge is 0.352 e. The van der Waals surface area contributed by atoms with Crippen LogP contribution in [0, 0.1) is 6.92 Å². The van der Waals surface area contributed by atoms with Crippen LogP contribution in [-0.4, -0.2) is 23.3 Å². The second-order valence-electron chi connectivity index (χ2n) is 8.37. The van der Waals surface area contributed by atoms with E-state index in [1.807, 2.05) is 36.1 Å².